The molecule has 0 saturated heterocycles. The van der Waals surface area contributed by atoms with E-state index in [2.05, 4.69) is 21.2 Å². The Balaban J connectivity index is 2.26. The smallest absolute Gasteiger partial charge is 0.126 e. The molecule has 1 aromatic carbocycles. The molecule has 1 aromatic heterocycles. The van der Waals surface area contributed by atoms with Crippen molar-refractivity contribution in [2.45, 2.75) is 12.5 Å². The zero-order valence-electron chi connectivity index (χ0n) is 9.71. The molecule has 0 aliphatic carbocycles. The van der Waals surface area contributed by atoms with Crippen molar-refractivity contribution in [2.75, 3.05) is 7.05 Å². The van der Waals surface area contributed by atoms with Gasteiger partial charge in [-0.1, -0.05) is 11.6 Å². The number of likely N-dealkylation sites (N-methyl/N-ethyl adjacent to an activating group) is 1. The number of thiophene rings is 1. The van der Waals surface area contributed by atoms with Crippen molar-refractivity contribution < 1.29 is 4.39 Å². The van der Waals surface area contributed by atoms with Gasteiger partial charge >= 0.3 is 0 Å². The molecule has 1 atom stereocenters. The summed E-state index contributed by atoms with van der Waals surface area (Å²) in [6, 6.07) is 6.73. The standard InChI is InChI=1S/C13H12BrClFNS/c1-17-12(13-10(14)4-5-18-13)7-8-6-9(15)2-3-11(8)16/h2-6,12,17H,7H2,1H3. The van der Waals surface area contributed by atoms with E-state index in [1.54, 1.807) is 23.5 Å². The maximum absolute atomic E-state index is 13.7. The zero-order valence-corrected chi connectivity index (χ0v) is 12.9. The predicted octanol–water partition coefficient (Wildman–Crippen LogP) is 4.81. The van der Waals surface area contributed by atoms with Crippen LogP contribution in [0.25, 0.3) is 0 Å². The van der Waals surface area contributed by atoms with E-state index in [9.17, 15) is 4.39 Å². The fourth-order valence-corrected chi connectivity index (χ4v) is 3.75. The van der Waals surface area contributed by atoms with Gasteiger partial charge in [0.2, 0.25) is 0 Å². The third-order valence-corrected chi connectivity index (χ3v) is 4.96. The summed E-state index contributed by atoms with van der Waals surface area (Å²) in [5.41, 5.74) is 0.627. The Hall–Kier alpha value is -0.420. The third kappa shape index (κ3) is 3.12. The fraction of sp³-hybridized carbons (Fsp3) is 0.231. The molecule has 0 fully saturated rings. The zero-order chi connectivity index (χ0) is 13.1. The Morgan fingerprint density at radius 3 is 2.83 bits per heavy atom. The minimum Gasteiger partial charge on any atom is -0.312 e. The summed E-state index contributed by atoms with van der Waals surface area (Å²) in [4.78, 5) is 1.16. The largest absolute Gasteiger partial charge is 0.312 e. The van der Waals surface area contributed by atoms with Crippen molar-refractivity contribution in [3.05, 3.63) is 55.4 Å². The summed E-state index contributed by atoms with van der Waals surface area (Å²) >= 11 is 11.1. The van der Waals surface area contributed by atoms with Gasteiger partial charge in [0.15, 0.2) is 0 Å². The summed E-state index contributed by atoms with van der Waals surface area (Å²) < 4.78 is 14.8. The van der Waals surface area contributed by atoms with Crippen molar-refractivity contribution in [3.8, 4) is 0 Å². The molecule has 2 rings (SSSR count). The predicted molar refractivity (Wildman–Crippen MR) is 78.9 cm³/mol. The second kappa shape index (κ2) is 6.15. The number of rotatable bonds is 4. The molecule has 5 heteroatoms. The van der Waals surface area contributed by atoms with E-state index in [-0.39, 0.29) is 11.9 Å². The Morgan fingerprint density at radius 2 is 2.22 bits per heavy atom. The minimum atomic E-state index is -0.215. The molecule has 0 aliphatic heterocycles. The van der Waals surface area contributed by atoms with Crippen molar-refractivity contribution in [1.82, 2.24) is 5.32 Å². The number of benzene rings is 1. The summed E-state index contributed by atoms with van der Waals surface area (Å²) in [6.07, 6.45) is 0.571. The van der Waals surface area contributed by atoms with Crippen LogP contribution in [0.1, 0.15) is 16.5 Å². The SMILES string of the molecule is CNC(Cc1cc(Cl)ccc1F)c1sccc1Br. The molecule has 1 N–H and O–H groups in total. The van der Waals surface area contributed by atoms with E-state index in [0.29, 0.717) is 17.0 Å². The number of nitrogens with one attached hydrogen (secondary N) is 1. The van der Waals surface area contributed by atoms with Crippen LogP contribution in [0.4, 0.5) is 4.39 Å². The van der Waals surface area contributed by atoms with Crippen molar-refractivity contribution in [3.63, 3.8) is 0 Å². The van der Waals surface area contributed by atoms with Gasteiger partial charge in [-0.2, -0.15) is 0 Å². The molecule has 0 radical (unpaired) electrons. The lowest BCUT2D eigenvalue weighted by Gasteiger charge is -2.16. The quantitative estimate of drug-likeness (QED) is 0.836. The molecule has 1 unspecified atom stereocenters. The van der Waals surface area contributed by atoms with Gasteiger partial charge in [0.25, 0.3) is 0 Å². The molecule has 1 heterocycles. The maximum Gasteiger partial charge on any atom is 0.126 e. The molecule has 2 aromatic rings. The van der Waals surface area contributed by atoms with Gasteiger partial charge in [0.1, 0.15) is 5.82 Å². The Kier molecular flexibility index (Phi) is 4.78. The molecular weight excluding hydrogens is 337 g/mol. The second-order valence-electron chi connectivity index (χ2n) is 3.91. The van der Waals surface area contributed by atoms with Crippen LogP contribution < -0.4 is 5.32 Å². The van der Waals surface area contributed by atoms with Gasteiger partial charge in [0.05, 0.1) is 0 Å². The van der Waals surface area contributed by atoms with E-state index in [1.807, 2.05) is 18.5 Å². The first-order valence-electron chi connectivity index (χ1n) is 5.46. The van der Waals surface area contributed by atoms with Gasteiger partial charge in [-0.3, -0.25) is 0 Å². The Bertz CT molecular complexity index is 544. The molecule has 18 heavy (non-hydrogen) atoms. The van der Waals surface area contributed by atoms with E-state index in [4.69, 9.17) is 11.6 Å². The first-order chi connectivity index (χ1) is 8.61. The third-order valence-electron chi connectivity index (χ3n) is 2.74. The van der Waals surface area contributed by atoms with Crippen LogP contribution in [0.15, 0.2) is 34.1 Å². The molecule has 0 bridgehead atoms. The molecule has 0 aliphatic rings. The van der Waals surface area contributed by atoms with E-state index < -0.39 is 0 Å². The van der Waals surface area contributed by atoms with Crippen LogP contribution >= 0.6 is 38.9 Å². The highest BCUT2D eigenvalue weighted by molar-refractivity contribution is 9.10. The maximum atomic E-state index is 13.7. The van der Waals surface area contributed by atoms with Gasteiger partial charge in [0, 0.05) is 20.4 Å². The van der Waals surface area contributed by atoms with Crippen LogP contribution in [0.2, 0.25) is 5.02 Å². The van der Waals surface area contributed by atoms with Gasteiger partial charge in [-0.15, -0.1) is 11.3 Å². The van der Waals surface area contributed by atoms with Crippen molar-refractivity contribution in [1.29, 1.82) is 0 Å². The number of hydrogen-bond acceptors (Lipinski definition) is 2. The highest BCUT2D eigenvalue weighted by atomic mass is 79.9. The van der Waals surface area contributed by atoms with Crippen LogP contribution in [0.3, 0.4) is 0 Å². The first-order valence-corrected chi connectivity index (χ1v) is 7.51. The van der Waals surface area contributed by atoms with Gasteiger partial charge < -0.3 is 5.32 Å². The number of hydrogen-bond donors (Lipinski definition) is 1. The average molecular weight is 349 g/mol. The van der Waals surface area contributed by atoms with Gasteiger partial charge in [-0.05, 0) is 64.6 Å². The van der Waals surface area contributed by atoms with Crippen LogP contribution in [-0.4, -0.2) is 7.05 Å². The summed E-state index contributed by atoms with van der Waals surface area (Å²) in [5.74, 6) is -0.215. The molecule has 0 spiro atoms. The van der Waals surface area contributed by atoms with Gasteiger partial charge in [-0.25, -0.2) is 4.39 Å². The minimum absolute atomic E-state index is 0.0762. The first kappa shape index (κ1) is 14.0. The lowest BCUT2D eigenvalue weighted by molar-refractivity contribution is 0.559. The summed E-state index contributed by atoms with van der Waals surface area (Å²) in [7, 11) is 1.87. The highest BCUT2D eigenvalue weighted by Gasteiger charge is 2.16. The van der Waals surface area contributed by atoms with E-state index >= 15 is 0 Å². The Morgan fingerprint density at radius 1 is 1.44 bits per heavy atom. The van der Waals surface area contributed by atoms with Crippen molar-refractivity contribution in [2.24, 2.45) is 0 Å². The van der Waals surface area contributed by atoms with Crippen molar-refractivity contribution >= 4 is 38.9 Å². The summed E-state index contributed by atoms with van der Waals surface area (Å²) in [5, 5.41) is 5.78. The lowest BCUT2D eigenvalue weighted by atomic mass is 10.0. The summed E-state index contributed by atoms with van der Waals surface area (Å²) in [6.45, 7) is 0. The second-order valence-corrected chi connectivity index (χ2v) is 6.15. The van der Waals surface area contributed by atoms with Crippen LogP contribution in [0.5, 0.6) is 0 Å². The molecule has 0 amide bonds. The fourth-order valence-electron chi connectivity index (χ4n) is 1.80. The average Bonchev–Trinajstić information content (AvgIpc) is 2.77. The number of halogens is 3. The molecular formula is C13H12BrClFNS. The monoisotopic (exact) mass is 347 g/mol. The van der Waals surface area contributed by atoms with E-state index in [0.717, 1.165) is 9.35 Å². The Labute approximate surface area is 123 Å². The highest BCUT2D eigenvalue weighted by Crippen LogP contribution is 2.31. The van der Waals surface area contributed by atoms with Crippen LogP contribution in [-0.2, 0) is 6.42 Å². The van der Waals surface area contributed by atoms with Crippen LogP contribution in [0, 0.1) is 5.82 Å². The topological polar surface area (TPSA) is 12.0 Å². The molecule has 1 nitrogen and oxygen atoms in total. The lowest BCUT2D eigenvalue weighted by Crippen LogP contribution is -2.18. The molecule has 0 saturated carbocycles. The normalized spacial score (nSPS) is 12.7. The molecule has 96 valence electrons. The van der Waals surface area contributed by atoms with E-state index in [1.165, 1.54) is 6.07 Å².